The minimum Gasteiger partial charge on any atom is -0.371 e. The Bertz CT molecular complexity index is 344. The van der Waals surface area contributed by atoms with Gasteiger partial charge in [-0.1, -0.05) is 6.92 Å². The van der Waals surface area contributed by atoms with E-state index in [9.17, 15) is 13.2 Å². The summed E-state index contributed by atoms with van der Waals surface area (Å²) in [5, 5.41) is 0. The molecule has 0 atom stereocenters. The van der Waals surface area contributed by atoms with E-state index in [0.29, 0.717) is 6.42 Å². The Hall–Kier alpha value is -1.04. The second kappa shape index (κ2) is 3.37. The lowest BCUT2D eigenvalue weighted by Gasteiger charge is -2.23. The van der Waals surface area contributed by atoms with E-state index in [0.717, 1.165) is 10.4 Å². The molecule has 0 aromatic rings. The Morgan fingerprint density at radius 2 is 2.15 bits per heavy atom. The summed E-state index contributed by atoms with van der Waals surface area (Å²) in [7, 11) is -3.87. The Labute approximate surface area is 77.2 Å². The fourth-order valence-electron chi connectivity index (χ4n) is 1.02. The lowest BCUT2D eigenvalue weighted by Crippen LogP contribution is -2.40. The molecule has 0 unspecified atom stereocenters. The van der Waals surface area contributed by atoms with Crippen LogP contribution in [0, 0.1) is 0 Å². The molecule has 6 heteroatoms. The van der Waals surface area contributed by atoms with E-state index < -0.39 is 16.2 Å². The minimum atomic E-state index is -3.87. The maximum absolute atomic E-state index is 11.2. The lowest BCUT2D eigenvalue weighted by atomic mass is 10.4. The summed E-state index contributed by atoms with van der Waals surface area (Å²) in [6.07, 6.45) is 1.73. The maximum atomic E-state index is 11.2. The largest absolute Gasteiger partial charge is 0.412 e. The van der Waals surface area contributed by atoms with Gasteiger partial charge in [0.25, 0.3) is 5.91 Å². The van der Waals surface area contributed by atoms with E-state index in [1.54, 1.807) is 6.92 Å². The van der Waals surface area contributed by atoms with Gasteiger partial charge in [0.2, 0.25) is 0 Å². The zero-order valence-corrected chi connectivity index (χ0v) is 8.30. The molecule has 0 aliphatic carbocycles. The molecular weight excluding hydrogens is 194 g/mol. The summed E-state index contributed by atoms with van der Waals surface area (Å²) in [6.45, 7) is 3.37. The van der Waals surface area contributed by atoms with Crippen molar-refractivity contribution in [3.05, 3.63) is 11.8 Å². The first kappa shape index (κ1) is 10.0. The third-order valence-electron chi connectivity index (χ3n) is 1.51. The quantitative estimate of drug-likeness (QED) is 0.654. The highest BCUT2D eigenvalue weighted by atomic mass is 32.2. The molecule has 0 aromatic heterocycles. The van der Waals surface area contributed by atoms with Crippen molar-refractivity contribution in [1.29, 1.82) is 0 Å². The monoisotopic (exact) mass is 205 g/mol. The zero-order valence-electron chi connectivity index (χ0n) is 7.48. The molecule has 1 aliphatic rings. The van der Waals surface area contributed by atoms with Crippen molar-refractivity contribution in [2.75, 3.05) is 6.54 Å². The van der Waals surface area contributed by atoms with E-state index in [4.69, 9.17) is 0 Å². The molecule has 0 saturated carbocycles. The summed E-state index contributed by atoms with van der Waals surface area (Å²) >= 11 is 0. The normalized spacial score (nSPS) is 20.9. The number of hydrogen-bond acceptors (Lipinski definition) is 4. The van der Waals surface area contributed by atoms with Crippen molar-refractivity contribution >= 4 is 16.2 Å². The van der Waals surface area contributed by atoms with E-state index in [-0.39, 0.29) is 12.3 Å². The first-order valence-corrected chi connectivity index (χ1v) is 5.28. The van der Waals surface area contributed by atoms with Gasteiger partial charge in [-0.2, -0.15) is 8.42 Å². The van der Waals surface area contributed by atoms with Gasteiger partial charge in [0, 0.05) is 12.6 Å². The molecule has 13 heavy (non-hydrogen) atoms. The van der Waals surface area contributed by atoms with Gasteiger partial charge in [0.1, 0.15) is 5.76 Å². The molecule has 0 aromatic carbocycles. The predicted octanol–water partition coefficient (Wildman–Crippen LogP) is 0.404. The van der Waals surface area contributed by atoms with Gasteiger partial charge in [-0.05, 0) is 13.3 Å². The topological polar surface area (TPSA) is 63.7 Å². The van der Waals surface area contributed by atoms with Gasteiger partial charge in [0.05, 0.1) is 0 Å². The van der Waals surface area contributed by atoms with Crippen LogP contribution in [0.5, 0.6) is 0 Å². The van der Waals surface area contributed by atoms with E-state index in [1.807, 2.05) is 0 Å². The van der Waals surface area contributed by atoms with E-state index in [2.05, 4.69) is 4.18 Å². The zero-order chi connectivity index (χ0) is 10.1. The summed E-state index contributed by atoms with van der Waals surface area (Å²) in [5.74, 6) is -0.428. The summed E-state index contributed by atoms with van der Waals surface area (Å²) < 4.78 is 27.7. The van der Waals surface area contributed by atoms with Crippen LogP contribution in [-0.4, -0.2) is 25.2 Å². The smallest absolute Gasteiger partial charge is 0.371 e. The molecular formula is C7H11NO4S. The van der Waals surface area contributed by atoms with Crippen LogP contribution in [0.25, 0.3) is 0 Å². The van der Waals surface area contributed by atoms with Crippen LogP contribution >= 0.6 is 0 Å². The molecule has 0 bridgehead atoms. The highest BCUT2D eigenvalue weighted by Crippen LogP contribution is 2.16. The van der Waals surface area contributed by atoms with Gasteiger partial charge in [-0.15, -0.1) is 0 Å². The van der Waals surface area contributed by atoms with Crippen molar-refractivity contribution in [1.82, 2.24) is 4.31 Å². The molecule has 1 rings (SSSR count). The molecule has 0 radical (unpaired) electrons. The third-order valence-corrected chi connectivity index (χ3v) is 2.88. The standard InChI is InChI=1S/C7H11NO4S/c1-3-4-8-7(9)5-6(2)12-13(8,10)11/h5H,3-4H2,1-2H3. The van der Waals surface area contributed by atoms with Gasteiger partial charge in [-0.3, -0.25) is 4.79 Å². The molecule has 0 saturated heterocycles. The van der Waals surface area contributed by atoms with Crippen molar-refractivity contribution < 1.29 is 17.4 Å². The molecule has 74 valence electrons. The van der Waals surface area contributed by atoms with Crippen LogP contribution in [-0.2, 0) is 19.3 Å². The predicted molar refractivity (Wildman–Crippen MR) is 45.8 cm³/mol. The first-order chi connectivity index (χ1) is 5.97. The van der Waals surface area contributed by atoms with Gasteiger partial charge < -0.3 is 4.18 Å². The van der Waals surface area contributed by atoms with Crippen molar-refractivity contribution in [3.63, 3.8) is 0 Å². The highest BCUT2D eigenvalue weighted by molar-refractivity contribution is 7.85. The number of allylic oxidation sites excluding steroid dienone is 1. The number of carbonyl (C=O) groups excluding carboxylic acids is 1. The molecule has 5 nitrogen and oxygen atoms in total. The number of amides is 1. The van der Waals surface area contributed by atoms with Crippen molar-refractivity contribution in [3.8, 4) is 0 Å². The maximum Gasteiger partial charge on any atom is 0.412 e. The Kier molecular flexibility index (Phi) is 2.60. The summed E-state index contributed by atoms with van der Waals surface area (Å²) in [5.41, 5.74) is 0. The minimum absolute atomic E-state index is 0.109. The number of rotatable bonds is 2. The summed E-state index contributed by atoms with van der Waals surface area (Å²) in [6, 6.07) is 0. The van der Waals surface area contributed by atoms with Crippen LogP contribution in [0.3, 0.4) is 0 Å². The fourth-order valence-corrected chi connectivity index (χ4v) is 2.17. The number of hydrogen-bond donors (Lipinski definition) is 0. The Morgan fingerprint density at radius 3 is 2.62 bits per heavy atom. The second-order valence-electron chi connectivity index (χ2n) is 2.71. The Balaban J connectivity index is 3.01. The Morgan fingerprint density at radius 1 is 1.54 bits per heavy atom. The average Bonchev–Trinajstić information content (AvgIpc) is 1.95. The number of nitrogens with zero attached hydrogens (tertiary/aromatic N) is 1. The lowest BCUT2D eigenvalue weighted by molar-refractivity contribution is -0.122. The molecule has 1 heterocycles. The van der Waals surface area contributed by atoms with Gasteiger partial charge in [-0.25, -0.2) is 4.31 Å². The van der Waals surface area contributed by atoms with E-state index in [1.165, 1.54) is 6.92 Å². The average molecular weight is 205 g/mol. The van der Waals surface area contributed by atoms with Gasteiger partial charge in [0.15, 0.2) is 0 Å². The fraction of sp³-hybridized carbons (Fsp3) is 0.571. The molecule has 0 N–H and O–H groups in total. The van der Waals surface area contributed by atoms with Crippen LogP contribution in [0.4, 0.5) is 0 Å². The van der Waals surface area contributed by atoms with Crippen LogP contribution < -0.4 is 0 Å². The molecule has 0 fully saturated rings. The summed E-state index contributed by atoms with van der Waals surface area (Å²) in [4.78, 5) is 11.2. The van der Waals surface area contributed by atoms with Gasteiger partial charge >= 0.3 is 10.3 Å². The first-order valence-electron chi connectivity index (χ1n) is 3.92. The van der Waals surface area contributed by atoms with E-state index >= 15 is 0 Å². The molecule has 1 aliphatic heterocycles. The van der Waals surface area contributed by atoms with Crippen LogP contribution in [0.15, 0.2) is 11.8 Å². The van der Waals surface area contributed by atoms with Crippen molar-refractivity contribution in [2.24, 2.45) is 0 Å². The van der Waals surface area contributed by atoms with Crippen LogP contribution in [0.1, 0.15) is 20.3 Å². The van der Waals surface area contributed by atoms with Crippen LogP contribution in [0.2, 0.25) is 0 Å². The van der Waals surface area contributed by atoms with Crippen molar-refractivity contribution in [2.45, 2.75) is 20.3 Å². The second-order valence-corrected chi connectivity index (χ2v) is 4.17. The molecule has 1 amide bonds. The number of carbonyl (C=O) groups is 1. The SMILES string of the molecule is CCCN1C(=O)C=C(C)OS1(=O)=O. The molecule has 0 spiro atoms. The highest BCUT2D eigenvalue weighted by Gasteiger charge is 2.31. The third kappa shape index (κ3) is 2.00.